The number of hydrogen-bond acceptors (Lipinski definition) is 4. The summed E-state index contributed by atoms with van der Waals surface area (Å²) in [5.41, 5.74) is 0. The van der Waals surface area contributed by atoms with E-state index in [-0.39, 0.29) is 31.6 Å². The van der Waals surface area contributed by atoms with Gasteiger partial charge >= 0.3 is 12.0 Å². The maximum absolute atomic E-state index is 12.0. The number of carboxylic acid groups (broad SMARTS) is 1. The quantitative estimate of drug-likeness (QED) is 0.576. The average molecular weight is 307 g/mol. The standard InChI is InChI=1S/C11H21N3O5S/c1-20(18,19)13-6-5-12-11(17)14-7-3-2-4-9(14)8-10(15)16/h9,13H,2-8H2,1H3,(H,12,17)(H,15,16). The number of rotatable bonds is 6. The Bertz CT molecular complexity index is 451. The molecule has 1 aliphatic rings. The van der Waals surface area contributed by atoms with E-state index in [0.717, 1.165) is 19.1 Å². The van der Waals surface area contributed by atoms with Crippen LogP contribution in [0.15, 0.2) is 0 Å². The summed E-state index contributed by atoms with van der Waals surface area (Å²) in [6.45, 7) is 0.813. The number of nitrogens with zero attached hydrogens (tertiary/aromatic N) is 1. The highest BCUT2D eigenvalue weighted by Crippen LogP contribution is 2.19. The van der Waals surface area contributed by atoms with Crippen molar-refractivity contribution in [3.05, 3.63) is 0 Å². The molecular weight excluding hydrogens is 286 g/mol. The fourth-order valence-electron chi connectivity index (χ4n) is 2.19. The molecule has 0 aromatic rings. The van der Waals surface area contributed by atoms with Crippen molar-refractivity contribution in [2.45, 2.75) is 31.7 Å². The van der Waals surface area contributed by atoms with Gasteiger partial charge in [-0.1, -0.05) is 0 Å². The highest BCUT2D eigenvalue weighted by molar-refractivity contribution is 7.88. The summed E-state index contributed by atoms with van der Waals surface area (Å²) in [5.74, 6) is -0.923. The molecular formula is C11H21N3O5S. The minimum Gasteiger partial charge on any atom is -0.481 e. The van der Waals surface area contributed by atoms with Gasteiger partial charge in [-0.15, -0.1) is 0 Å². The molecule has 1 saturated heterocycles. The Hall–Kier alpha value is -1.35. The molecule has 20 heavy (non-hydrogen) atoms. The predicted molar refractivity (Wildman–Crippen MR) is 72.8 cm³/mol. The SMILES string of the molecule is CS(=O)(=O)NCCNC(=O)N1CCCCC1CC(=O)O. The maximum atomic E-state index is 12.0. The number of likely N-dealkylation sites (tertiary alicyclic amines) is 1. The van der Waals surface area contributed by atoms with Crippen LogP contribution in [0.2, 0.25) is 0 Å². The molecule has 0 aliphatic carbocycles. The molecule has 1 rings (SSSR count). The van der Waals surface area contributed by atoms with Gasteiger partial charge in [-0.3, -0.25) is 4.79 Å². The molecule has 0 saturated carbocycles. The van der Waals surface area contributed by atoms with E-state index in [4.69, 9.17) is 5.11 Å². The van der Waals surface area contributed by atoms with Gasteiger partial charge < -0.3 is 15.3 Å². The predicted octanol–water partition coefficient (Wildman–Crippen LogP) is -0.426. The van der Waals surface area contributed by atoms with E-state index < -0.39 is 16.0 Å². The Morgan fingerprint density at radius 3 is 2.60 bits per heavy atom. The molecule has 0 bridgehead atoms. The van der Waals surface area contributed by atoms with Gasteiger partial charge in [0.25, 0.3) is 0 Å². The van der Waals surface area contributed by atoms with Gasteiger partial charge in [0.2, 0.25) is 10.0 Å². The number of amides is 2. The lowest BCUT2D eigenvalue weighted by Crippen LogP contribution is -2.50. The van der Waals surface area contributed by atoms with E-state index in [0.29, 0.717) is 13.0 Å². The van der Waals surface area contributed by atoms with E-state index in [1.54, 1.807) is 0 Å². The van der Waals surface area contributed by atoms with Gasteiger partial charge in [0.05, 0.1) is 12.7 Å². The van der Waals surface area contributed by atoms with E-state index >= 15 is 0 Å². The van der Waals surface area contributed by atoms with Crippen LogP contribution < -0.4 is 10.0 Å². The zero-order valence-corrected chi connectivity index (χ0v) is 12.3. The van der Waals surface area contributed by atoms with Gasteiger partial charge in [-0.05, 0) is 19.3 Å². The Morgan fingerprint density at radius 2 is 2.00 bits per heavy atom. The van der Waals surface area contributed by atoms with E-state index in [9.17, 15) is 18.0 Å². The number of aliphatic carboxylic acids is 1. The first-order valence-electron chi connectivity index (χ1n) is 6.50. The second-order valence-electron chi connectivity index (χ2n) is 4.84. The van der Waals surface area contributed by atoms with Crippen molar-refractivity contribution >= 4 is 22.0 Å². The Morgan fingerprint density at radius 1 is 1.30 bits per heavy atom. The van der Waals surface area contributed by atoms with Crippen molar-refractivity contribution in [2.24, 2.45) is 0 Å². The first-order valence-corrected chi connectivity index (χ1v) is 8.39. The van der Waals surface area contributed by atoms with Crippen molar-refractivity contribution in [3.63, 3.8) is 0 Å². The third-order valence-corrected chi connectivity index (χ3v) is 3.79. The first-order chi connectivity index (χ1) is 9.29. The van der Waals surface area contributed by atoms with Crippen molar-refractivity contribution in [1.29, 1.82) is 0 Å². The van der Waals surface area contributed by atoms with E-state index in [2.05, 4.69) is 10.0 Å². The number of piperidine rings is 1. The second-order valence-corrected chi connectivity index (χ2v) is 6.67. The van der Waals surface area contributed by atoms with Crippen LogP contribution >= 0.6 is 0 Å². The minimum absolute atomic E-state index is 0.0605. The van der Waals surface area contributed by atoms with Crippen molar-refractivity contribution in [3.8, 4) is 0 Å². The molecule has 9 heteroatoms. The summed E-state index contributed by atoms with van der Waals surface area (Å²) < 4.78 is 24.0. The van der Waals surface area contributed by atoms with E-state index in [1.165, 1.54) is 4.90 Å². The smallest absolute Gasteiger partial charge is 0.317 e. The summed E-state index contributed by atoms with van der Waals surface area (Å²) in [5, 5.41) is 11.4. The number of carbonyl (C=O) groups excluding carboxylic acids is 1. The van der Waals surface area contributed by atoms with Crippen molar-refractivity contribution in [2.75, 3.05) is 25.9 Å². The Kier molecular flexibility index (Phi) is 6.21. The van der Waals surface area contributed by atoms with Crippen LogP contribution in [0.4, 0.5) is 4.79 Å². The number of nitrogens with one attached hydrogen (secondary N) is 2. The molecule has 0 spiro atoms. The average Bonchev–Trinajstić information content (AvgIpc) is 2.33. The normalized spacial score (nSPS) is 19.6. The number of urea groups is 1. The van der Waals surface area contributed by atoms with Gasteiger partial charge in [0, 0.05) is 25.7 Å². The summed E-state index contributed by atoms with van der Waals surface area (Å²) in [6, 6.07) is -0.629. The molecule has 1 atom stereocenters. The highest BCUT2D eigenvalue weighted by Gasteiger charge is 2.28. The number of carboxylic acids is 1. The molecule has 8 nitrogen and oxygen atoms in total. The monoisotopic (exact) mass is 307 g/mol. The Labute approximate surface area is 118 Å². The summed E-state index contributed by atoms with van der Waals surface area (Å²) >= 11 is 0. The van der Waals surface area contributed by atoms with Gasteiger partial charge in [0.1, 0.15) is 0 Å². The van der Waals surface area contributed by atoms with Crippen LogP contribution in [0, 0.1) is 0 Å². The molecule has 0 aromatic carbocycles. The first kappa shape index (κ1) is 16.7. The summed E-state index contributed by atoms with van der Waals surface area (Å²) in [4.78, 5) is 24.3. The molecule has 1 heterocycles. The van der Waals surface area contributed by atoms with Gasteiger partial charge in [0.15, 0.2) is 0 Å². The fraction of sp³-hybridized carbons (Fsp3) is 0.818. The van der Waals surface area contributed by atoms with Crippen LogP contribution in [0.5, 0.6) is 0 Å². The number of sulfonamides is 1. The zero-order chi connectivity index (χ0) is 15.2. The fourth-order valence-corrected chi connectivity index (χ4v) is 2.66. The lowest BCUT2D eigenvalue weighted by Gasteiger charge is -2.34. The van der Waals surface area contributed by atoms with Crippen LogP contribution in [-0.2, 0) is 14.8 Å². The summed E-state index contributed by atoms with van der Waals surface area (Å²) in [6.07, 6.45) is 3.43. The zero-order valence-electron chi connectivity index (χ0n) is 11.5. The molecule has 3 N–H and O–H groups in total. The largest absolute Gasteiger partial charge is 0.481 e. The second kappa shape index (κ2) is 7.44. The molecule has 0 radical (unpaired) electrons. The highest BCUT2D eigenvalue weighted by atomic mass is 32.2. The van der Waals surface area contributed by atoms with Crippen LogP contribution in [0.1, 0.15) is 25.7 Å². The maximum Gasteiger partial charge on any atom is 0.317 e. The topological polar surface area (TPSA) is 116 Å². The van der Waals surface area contributed by atoms with Crippen LogP contribution in [0.3, 0.4) is 0 Å². The lowest BCUT2D eigenvalue weighted by atomic mass is 10.00. The van der Waals surface area contributed by atoms with Gasteiger partial charge in [-0.25, -0.2) is 17.9 Å². The van der Waals surface area contributed by atoms with E-state index in [1.807, 2.05) is 0 Å². The lowest BCUT2D eigenvalue weighted by molar-refractivity contribution is -0.138. The van der Waals surface area contributed by atoms with Crippen LogP contribution in [0.25, 0.3) is 0 Å². The number of carbonyl (C=O) groups is 2. The third kappa shape index (κ3) is 6.20. The van der Waals surface area contributed by atoms with Crippen LogP contribution in [-0.4, -0.2) is 62.4 Å². The Balaban J connectivity index is 2.41. The minimum atomic E-state index is -3.27. The molecule has 2 amide bonds. The van der Waals surface area contributed by atoms with Crippen molar-refractivity contribution in [1.82, 2.24) is 14.9 Å². The molecule has 116 valence electrons. The molecule has 1 aliphatic heterocycles. The summed E-state index contributed by atoms with van der Waals surface area (Å²) in [7, 11) is -3.27. The number of hydrogen-bond donors (Lipinski definition) is 3. The van der Waals surface area contributed by atoms with Gasteiger partial charge in [-0.2, -0.15) is 0 Å². The molecule has 0 aromatic heterocycles. The van der Waals surface area contributed by atoms with Crippen molar-refractivity contribution < 1.29 is 23.1 Å². The molecule has 1 fully saturated rings. The molecule has 1 unspecified atom stereocenters. The third-order valence-electron chi connectivity index (χ3n) is 3.06.